The molecule has 7 atom stereocenters. The van der Waals surface area contributed by atoms with Crippen LogP contribution >= 0.6 is 15.6 Å². The predicted molar refractivity (Wildman–Crippen MR) is 261 cm³/mol. The first-order chi connectivity index (χ1) is 32.7. The number of aliphatic hydroxyl groups is 2. The van der Waals surface area contributed by atoms with E-state index in [9.17, 15) is 43.5 Å². The summed E-state index contributed by atoms with van der Waals surface area (Å²) in [7, 11) is -10.8. The van der Waals surface area contributed by atoms with E-state index in [0.29, 0.717) is 12.8 Å². The number of carbonyl (C=O) groups excluding carboxylic acids is 2. The van der Waals surface area contributed by atoms with E-state index in [4.69, 9.17) is 29.0 Å². The van der Waals surface area contributed by atoms with Crippen LogP contribution in [-0.4, -0.2) is 85.7 Å². The van der Waals surface area contributed by atoms with Gasteiger partial charge < -0.3 is 39.9 Å². The molecule has 1 aliphatic rings. The van der Waals surface area contributed by atoms with Gasteiger partial charge in [0, 0.05) is 19.0 Å². The Hall–Kier alpha value is -2.24. The molecule has 68 heavy (non-hydrogen) atoms. The number of esters is 2. The van der Waals surface area contributed by atoms with Crippen molar-refractivity contribution in [3.63, 3.8) is 0 Å². The largest absolute Gasteiger partial charge is 0.481 e. The minimum atomic E-state index is -5.42. The highest BCUT2D eigenvalue weighted by Crippen LogP contribution is 2.60. The van der Waals surface area contributed by atoms with Crippen LogP contribution in [0.4, 0.5) is 5.82 Å². The van der Waals surface area contributed by atoms with Gasteiger partial charge in [0.15, 0.2) is 12.3 Å². The summed E-state index contributed by atoms with van der Waals surface area (Å²) in [6.45, 7) is 2.19. The molecular weight excluding hydrogens is 920 g/mol. The van der Waals surface area contributed by atoms with Gasteiger partial charge in [0.25, 0.3) is 0 Å². The number of aromatic nitrogens is 2. The zero-order valence-electron chi connectivity index (χ0n) is 41.4. The van der Waals surface area contributed by atoms with Crippen molar-refractivity contribution < 1.29 is 66.3 Å². The molecule has 0 amide bonds. The van der Waals surface area contributed by atoms with Crippen molar-refractivity contribution in [2.45, 2.75) is 250 Å². The summed E-state index contributed by atoms with van der Waals surface area (Å²) in [6.07, 6.45) is 28.9. The summed E-state index contributed by atoms with van der Waals surface area (Å²) in [5, 5.41) is 20.9. The minimum Gasteiger partial charge on any atom is -0.462 e. The van der Waals surface area contributed by atoms with Crippen molar-refractivity contribution in [1.29, 1.82) is 0 Å². The van der Waals surface area contributed by atoms with Crippen LogP contribution in [0.3, 0.4) is 0 Å². The van der Waals surface area contributed by atoms with Crippen LogP contribution in [0.1, 0.15) is 226 Å². The minimum absolute atomic E-state index is 0.0584. The van der Waals surface area contributed by atoms with Gasteiger partial charge in [-0.25, -0.2) is 13.9 Å². The fourth-order valence-electron chi connectivity index (χ4n) is 8.14. The van der Waals surface area contributed by atoms with Crippen molar-refractivity contribution in [3.8, 4) is 0 Å². The van der Waals surface area contributed by atoms with Gasteiger partial charge >= 0.3 is 33.3 Å². The topological polar surface area (TPSA) is 265 Å². The third-order valence-corrected chi connectivity index (χ3v) is 14.8. The SMILES string of the molecule is CCCCCCCCCCCCCCCCCC(=O)OC[C@H](COP(=O)(O)OP(=O)(O)OC[C@H]1O[C@@H](n2ccc(N)nc2=O)C(O)[C@H]1O)OC(=O)CCCCCCCCCCCCCCCCC. The number of ether oxygens (including phenoxy) is 3. The Bertz CT molecular complexity index is 1640. The molecule has 1 saturated heterocycles. The van der Waals surface area contributed by atoms with Gasteiger partial charge in [0.2, 0.25) is 0 Å². The van der Waals surface area contributed by atoms with E-state index in [1.807, 2.05) is 0 Å². The molecule has 396 valence electrons. The maximum Gasteiger partial charge on any atom is 0.481 e. The monoisotopic (exact) mass is 1010 g/mol. The molecule has 1 fully saturated rings. The van der Waals surface area contributed by atoms with Gasteiger partial charge in [0.1, 0.15) is 30.7 Å². The van der Waals surface area contributed by atoms with Crippen molar-refractivity contribution in [3.05, 3.63) is 22.7 Å². The average molecular weight is 1010 g/mol. The standard InChI is InChI=1S/C48H89N3O15P2/c1-3-5-7-9-11-13-15-17-19-21-23-25-27-29-31-33-43(52)61-37-40(64-44(53)34-32-30-28-26-24-22-20-18-16-14-12-10-8-6-4-2)38-62-67(57,58)66-68(59,60)63-39-41-45(54)46(55)47(65-41)51-36-35-42(49)50-48(51)56/h35-36,40-41,45-47,54-55H,3-34,37-39H2,1-2H3,(H,57,58)(H,59,60)(H2,49,50,56)/t40-,41-,45+,46?,47-/m1/s1. The molecule has 2 rings (SSSR count). The lowest BCUT2D eigenvalue weighted by Crippen LogP contribution is -2.36. The lowest BCUT2D eigenvalue weighted by molar-refractivity contribution is -0.161. The summed E-state index contributed by atoms with van der Waals surface area (Å²) >= 11 is 0. The molecule has 0 spiro atoms. The van der Waals surface area contributed by atoms with Gasteiger partial charge in [0.05, 0.1) is 13.2 Å². The summed E-state index contributed by atoms with van der Waals surface area (Å²) < 4.78 is 56.8. The van der Waals surface area contributed by atoms with Gasteiger partial charge in [-0.3, -0.25) is 23.2 Å². The van der Waals surface area contributed by atoms with E-state index in [-0.39, 0.29) is 18.7 Å². The Kier molecular flexibility index (Phi) is 34.1. The number of nitrogens with two attached hydrogens (primary N) is 1. The normalized spacial score (nSPS) is 19.4. The van der Waals surface area contributed by atoms with Gasteiger partial charge in [-0.2, -0.15) is 9.29 Å². The second-order valence-corrected chi connectivity index (χ2v) is 21.4. The van der Waals surface area contributed by atoms with Crippen molar-refractivity contribution in [2.24, 2.45) is 0 Å². The van der Waals surface area contributed by atoms with Crippen LogP contribution < -0.4 is 11.4 Å². The van der Waals surface area contributed by atoms with Crippen LogP contribution in [0.25, 0.3) is 0 Å². The van der Waals surface area contributed by atoms with Crippen molar-refractivity contribution in [2.75, 3.05) is 25.6 Å². The second kappa shape index (κ2) is 37.5. The molecule has 0 aliphatic carbocycles. The van der Waals surface area contributed by atoms with Crippen molar-refractivity contribution in [1.82, 2.24) is 9.55 Å². The Balaban J connectivity index is 1.78. The van der Waals surface area contributed by atoms with Crippen LogP contribution in [0.5, 0.6) is 0 Å². The number of hydrogen-bond donors (Lipinski definition) is 5. The fourth-order valence-corrected chi connectivity index (χ4v) is 10.2. The number of nitrogen functional groups attached to an aromatic ring is 1. The second-order valence-electron chi connectivity index (χ2n) is 18.4. The molecule has 1 aliphatic heterocycles. The first kappa shape index (κ1) is 61.9. The quantitative estimate of drug-likeness (QED) is 0.0231. The molecular formula is C48H89N3O15P2. The van der Waals surface area contributed by atoms with E-state index in [0.717, 1.165) is 49.5 Å². The predicted octanol–water partition coefficient (Wildman–Crippen LogP) is 10.7. The van der Waals surface area contributed by atoms with Gasteiger partial charge in [-0.1, -0.05) is 194 Å². The number of phosphoric ester groups is 2. The average Bonchev–Trinajstić information content (AvgIpc) is 3.57. The number of aliphatic hydroxyl groups excluding tert-OH is 2. The number of nitrogens with zero attached hydrogens (tertiary/aromatic N) is 2. The summed E-state index contributed by atoms with van der Waals surface area (Å²) in [6, 6.07) is 1.25. The summed E-state index contributed by atoms with van der Waals surface area (Å²) in [5.41, 5.74) is 4.59. The molecule has 18 nitrogen and oxygen atoms in total. The third-order valence-electron chi connectivity index (χ3n) is 12.2. The fraction of sp³-hybridized carbons (Fsp3) is 0.875. The molecule has 1 aromatic heterocycles. The molecule has 0 aromatic carbocycles. The molecule has 6 N–H and O–H groups in total. The smallest absolute Gasteiger partial charge is 0.462 e. The van der Waals surface area contributed by atoms with E-state index in [1.165, 1.54) is 147 Å². The highest BCUT2D eigenvalue weighted by Gasteiger charge is 2.46. The van der Waals surface area contributed by atoms with E-state index >= 15 is 0 Å². The Morgan fingerprint density at radius 3 is 1.50 bits per heavy atom. The van der Waals surface area contributed by atoms with Crippen LogP contribution in [0.15, 0.2) is 17.1 Å². The maximum atomic E-state index is 12.9. The van der Waals surface area contributed by atoms with Crippen LogP contribution in [0.2, 0.25) is 0 Å². The molecule has 1 aromatic rings. The number of phosphoric acid groups is 2. The zero-order chi connectivity index (χ0) is 49.9. The third kappa shape index (κ3) is 29.8. The lowest BCUT2D eigenvalue weighted by atomic mass is 10.0. The highest BCUT2D eigenvalue weighted by atomic mass is 31.3. The lowest BCUT2D eigenvalue weighted by Gasteiger charge is -2.21. The molecule has 20 heteroatoms. The number of carbonyl (C=O) groups is 2. The van der Waals surface area contributed by atoms with Gasteiger partial charge in [-0.15, -0.1) is 0 Å². The Morgan fingerprint density at radius 1 is 0.647 bits per heavy atom. The Morgan fingerprint density at radius 2 is 1.06 bits per heavy atom. The molecule has 2 heterocycles. The van der Waals surface area contributed by atoms with Crippen LogP contribution in [0, 0.1) is 0 Å². The number of hydrogen-bond acceptors (Lipinski definition) is 15. The number of rotatable bonds is 44. The molecule has 3 unspecified atom stereocenters. The van der Waals surface area contributed by atoms with Crippen LogP contribution in [-0.2, 0) is 46.3 Å². The maximum absolute atomic E-state index is 12.9. The highest BCUT2D eigenvalue weighted by molar-refractivity contribution is 7.61. The number of unbranched alkanes of at least 4 members (excludes halogenated alkanes) is 28. The van der Waals surface area contributed by atoms with Gasteiger partial charge in [-0.05, 0) is 18.9 Å². The van der Waals surface area contributed by atoms with E-state index in [1.54, 1.807) is 0 Å². The number of anilines is 1. The van der Waals surface area contributed by atoms with Crippen molar-refractivity contribution >= 4 is 33.4 Å². The zero-order valence-corrected chi connectivity index (χ0v) is 43.2. The summed E-state index contributed by atoms with van der Waals surface area (Å²) in [4.78, 5) is 61.9. The summed E-state index contributed by atoms with van der Waals surface area (Å²) in [5.74, 6) is -1.27. The Labute approximate surface area is 406 Å². The molecule has 0 radical (unpaired) electrons. The first-order valence-corrected chi connectivity index (χ1v) is 29.0. The van der Waals surface area contributed by atoms with E-state index in [2.05, 4.69) is 23.1 Å². The molecule has 0 saturated carbocycles. The van der Waals surface area contributed by atoms with E-state index < -0.39 is 83.7 Å². The first-order valence-electron chi connectivity index (χ1n) is 26.0. The molecule has 0 bridgehead atoms.